The van der Waals surface area contributed by atoms with Gasteiger partial charge in [-0.05, 0) is 40.5 Å². The van der Waals surface area contributed by atoms with Crippen LogP contribution < -0.4 is 0 Å². The van der Waals surface area contributed by atoms with Gasteiger partial charge >= 0.3 is 0 Å². The van der Waals surface area contributed by atoms with E-state index in [2.05, 4.69) is 52.2 Å². The lowest BCUT2D eigenvalue weighted by Gasteiger charge is -2.02. The molecule has 106 valence electrons. The quantitative estimate of drug-likeness (QED) is 0.640. The summed E-state index contributed by atoms with van der Waals surface area (Å²) < 4.78 is 2.85. The highest BCUT2D eigenvalue weighted by Crippen LogP contribution is 2.31. The van der Waals surface area contributed by atoms with Gasteiger partial charge in [0.2, 0.25) is 0 Å². The van der Waals surface area contributed by atoms with Gasteiger partial charge in [-0.25, -0.2) is 0 Å². The zero-order valence-electron chi connectivity index (χ0n) is 11.4. The fourth-order valence-electron chi connectivity index (χ4n) is 2.12. The molecule has 2 heterocycles. The number of aldehydes is 1. The Balaban J connectivity index is 1.92. The fraction of sp³-hybridized carbons (Fsp3) is 0.125. The maximum absolute atomic E-state index is 11.3. The molecule has 0 aliphatic rings. The van der Waals surface area contributed by atoms with Gasteiger partial charge in [-0.3, -0.25) is 9.48 Å². The summed E-state index contributed by atoms with van der Waals surface area (Å²) in [5.41, 5.74) is 3.76. The second-order valence-corrected chi connectivity index (χ2v) is 7.30. The summed E-state index contributed by atoms with van der Waals surface area (Å²) in [5.74, 6) is 0. The van der Waals surface area contributed by atoms with E-state index in [0.29, 0.717) is 12.1 Å². The number of benzene rings is 1. The topological polar surface area (TPSA) is 34.9 Å². The third-order valence-corrected chi connectivity index (χ3v) is 4.82. The van der Waals surface area contributed by atoms with Crippen LogP contribution in [0.1, 0.15) is 21.5 Å². The molecule has 0 radical (unpaired) electrons. The number of hydrogen-bond donors (Lipinski definition) is 0. The lowest BCUT2D eigenvalue weighted by atomic mass is 10.1. The van der Waals surface area contributed by atoms with Crippen LogP contribution >= 0.6 is 27.3 Å². The highest BCUT2D eigenvalue weighted by atomic mass is 79.9. The Morgan fingerprint density at radius 3 is 2.62 bits per heavy atom. The van der Waals surface area contributed by atoms with Gasteiger partial charge in [-0.15, -0.1) is 11.3 Å². The smallest absolute Gasteiger partial charge is 0.153 e. The third kappa shape index (κ3) is 3.14. The second kappa shape index (κ2) is 5.95. The average molecular weight is 361 g/mol. The van der Waals surface area contributed by atoms with E-state index < -0.39 is 0 Å². The summed E-state index contributed by atoms with van der Waals surface area (Å²) in [4.78, 5) is 12.2. The maximum atomic E-state index is 11.3. The lowest BCUT2D eigenvalue weighted by molar-refractivity contribution is 0.112. The van der Waals surface area contributed by atoms with Crippen molar-refractivity contribution in [3.8, 4) is 10.6 Å². The number of aryl methyl sites for hydroxylation is 1. The van der Waals surface area contributed by atoms with Gasteiger partial charge < -0.3 is 0 Å². The molecule has 0 amide bonds. The largest absolute Gasteiger partial charge is 0.298 e. The van der Waals surface area contributed by atoms with E-state index in [1.54, 1.807) is 17.5 Å². The van der Waals surface area contributed by atoms with Crippen LogP contribution in [0.2, 0.25) is 0 Å². The van der Waals surface area contributed by atoms with E-state index in [-0.39, 0.29) is 0 Å². The monoisotopic (exact) mass is 360 g/mol. The summed E-state index contributed by atoms with van der Waals surface area (Å²) in [7, 11) is 0. The van der Waals surface area contributed by atoms with Crippen molar-refractivity contribution in [1.82, 2.24) is 9.78 Å². The van der Waals surface area contributed by atoms with Crippen molar-refractivity contribution >= 4 is 33.6 Å². The highest BCUT2D eigenvalue weighted by Gasteiger charge is 2.12. The first-order valence-electron chi connectivity index (χ1n) is 6.49. The van der Waals surface area contributed by atoms with Gasteiger partial charge in [0.25, 0.3) is 0 Å². The fourth-order valence-corrected chi connectivity index (χ4v) is 3.51. The Bertz CT molecular complexity index is 774. The van der Waals surface area contributed by atoms with Gasteiger partial charge in [0.15, 0.2) is 6.29 Å². The average Bonchev–Trinajstić information content (AvgIpc) is 3.07. The minimum Gasteiger partial charge on any atom is -0.298 e. The van der Waals surface area contributed by atoms with Gasteiger partial charge in [-0.2, -0.15) is 5.10 Å². The van der Waals surface area contributed by atoms with Crippen LogP contribution in [-0.2, 0) is 6.54 Å². The number of nitrogens with zero attached hydrogens (tertiary/aromatic N) is 2. The molecule has 0 spiro atoms. The zero-order valence-corrected chi connectivity index (χ0v) is 13.8. The Hall–Kier alpha value is -1.72. The molecule has 3 nitrogen and oxygen atoms in total. The number of halogens is 1. The number of rotatable bonds is 4. The third-order valence-electron chi connectivity index (χ3n) is 3.19. The Kier molecular flexibility index (Phi) is 4.03. The minimum atomic E-state index is 0.622. The van der Waals surface area contributed by atoms with E-state index in [1.165, 1.54) is 11.1 Å². The first-order valence-corrected chi connectivity index (χ1v) is 8.10. The molecule has 0 aliphatic carbocycles. The molecule has 3 aromatic rings. The van der Waals surface area contributed by atoms with Gasteiger partial charge in [0.1, 0.15) is 5.69 Å². The van der Waals surface area contributed by atoms with E-state index in [9.17, 15) is 4.79 Å². The molecule has 21 heavy (non-hydrogen) atoms. The molecule has 2 aromatic heterocycles. The Morgan fingerprint density at radius 2 is 2.00 bits per heavy atom. The van der Waals surface area contributed by atoms with Crippen molar-refractivity contribution in [2.24, 2.45) is 0 Å². The van der Waals surface area contributed by atoms with E-state index in [4.69, 9.17) is 0 Å². The molecule has 3 rings (SSSR count). The Labute approximate surface area is 135 Å². The first kappa shape index (κ1) is 14.2. The van der Waals surface area contributed by atoms with Crippen LogP contribution in [0.3, 0.4) is 0 Å². The van der Waals surface area contributed by atoms with E-state index in [1.807, 2.05) is 16.8 Å². The molecular formula is C16H13BrN2OS. The molecule has 0 aliphatic heterocycles. The number of thiophene rings is 1. The molecular weight excluding hydrogens is 348 g/mol. The second-order valence-electron chi connectivity index (χ2n) is 4.84. The SMILES string of the molecule is Cc1ccc(Cn2cc(C=O)c(-c3ccc(Br)s3)n2)cc1. The van der Waals surface area contributed by atoms with E-state index >= 15 is 0 Å². The van der Waals surface area contributed by atoms with Gasteiger partial charge in [0, 0.05) is 6.20 Å². The number of carbonyl (C=O) groups excluding carboxylic acids is 1. The van der Waals surface area contributed by atoms with Crippen molar-refractivity contribution < 1.29 is 4.79 Å². The molecule has 0 atom stereocenters. The molecule has 0 fully saturated rings. The number of aromatic nitrogens is 2. The van der Waals surface area contributed by atoms with Gasteiger partial charge in [0.05, 0.1) is 20.8 Å². The number of hydrogen-bond acceptors (Lipinski definition) is 3. The summed E-state index contributed by atoms with van der Waals surface area (Å²) >= 11 is 5.01. The van der Waals surface area contributed by atoms with Crippen molar-refractivity contribution in [3.63, 3.8) is 0 Å². The first-order chi connectivity index (χ1) is 10.2. The molecule has 0 bridgehead atoms. The molecule has 0 unspecified atom stereocenters. The predicted octanol–water partition coefficient (Wildman–Crippen LogP) is 4.54. The van der Waals surface area contributed by atoms with Gasteiger partial charge in [-0.1, -0.05) is 29.8 Å². The normalized spacial score (nSPS) is 10.8. The van der Waals surface area contributed by atoms with Crippen LogP contribution in [0.4, 0.5) is 0 Å². The molecule has 5 heteroatoms. The lowest BCUT2D eigenvalue weighted by Crippen LogP contribution is -2.00. The summed E-state index contributed by atoms with van der Waals surface area (Å²) in [5, 5.41) is 4.56. The summed E-state index contributed by atoms with van der Waals surface area (Å²) in [6.07, 6.45) is 2.66. The minimum absolute atomic E-state index is 0.622. The summed E-state index contributed by atoms with van der Waals surface area (Å²) in [6.45, 7) is 2.72. The molecule has 0 saturated carbocycles. The Morgan fingerprint density at radius 1 is 1.24 bits per heavy atom. The van der Waals surface area contributed by atoms with Crippen molar-refractivity contribution in [2.45, 2.75) is 13.5 Å². The molecule has 0 saturated heterocycles. The van der Waals surface area contributed by atoms with Crippen LogP contribution in [0.15, 0.2) is 46.4 Å². The molecule has 0 N–H and O–H groups in total. The molecule has 1 aromatic carbocycles. The summed E-state index contributed by atoms with van der Waals surface area (Å²) in [6, 6.07) is 12.3. The zero-order chi connectivity index (χ0) is 14.8. The van der Waals surface area contributed by atoms with Crippen molar-refractivity contribution in [2.75, 3.05) is 0 Å². The van der Waals surface area contributed by atoms with Crippen LogP contribution in [0.25, 0.3) is 10.6 Å². The standard InChI is InChI=1S/C16H13BrN2OS/c1-11-2-4-12(5-3-11)8-19-9-13(10-20)16(18-19)14-6-7-15(17)21-14/h2-7,9-10H,8H2,1H3. The number of carbonyl (C=O) groups is 1. The highest BCUT2D eigenvalue weighted by molar-refractivity contribution is 9.11. The van der Waals surface area contributed by atoms with Crippen molar-refractivity contribution in [3.05, 3.63) is 63.1 Å². The van der Waals surface area contributed by atoms with Crippen molar-refractivity contribution in [1.29, 1.82) is 0 Å². The van der Waals surface area contributed by atoms with Crippen LogP contribution in [-0.4, -0.2) is 16.1 Å². The maximum Gasteiger partial charge on any atom is 0.153 e. The van der Waals surface area contributed by atoms with E-state index in [0.717, 1.165) is 20.6 Å². The van der Waals surface area contributed by atoms with Crippen LogP contribution in [0, 0.1) is 6.92 Å². The predicted molar refractivity (Wildman–Crippen MR) is 88.9 cm³/mol. The van der Waals surface area contributed by atoms with Crippen LogP contribution in [0.5, 0.6) is 0 Å².